The number of nitrogens with zero attached hydrogens (tertiary/aromatic N) is 3. The molecule has 0 spiro atoms. The zero-order chi connectivity index (χ0) is 17.1. The van der Waals surface area contributed by atoms with E-state index in [9.17, 15) is 4.79 Å². The van der Waals surface area contributed by atoms with Crippen LogP contribution in [0.4, 0.5) is 0 Å². The Bertz CT molecular complexity index is 694. The van der Waals surface area contributed by atoms with Crippen LogP contribution in [-0.4, -0.2) is 60.1 Å². The Morgan fingerprint density at radius 2 is 2.20 bits per heavy atom. The highest BCUT2D eigenvalue weighted by atomic mass is 32.1. The van der Waals surface area contributed by atoms with Gasteiger partial charge in [0.1, 0.15) is 0 Å². The molecule has 134 valence electrons. The number of likely N-dealkylation sites (tertiary alicyclic amines) is 1. The molecule has 0 N–H and O–H groups in total. The van der Waals surface area contributed by atoms with Gasteiger partial charge in [-0.1, -0.05) is 0 Å². The largest absolute Gasteiger partial charge is 0.462 e. The number of thiazole rings is 1. The lowest BCUT2D eigenvalue weighted by Crippen LogP contribution is -2.48. The molecule has 2 aliphatic heterocycles. The number of hydrogen-bond donors (Lipinski definition) is 0. The molecule has 2 aliphatic rings. The van der Waals surface area contributed by atoms with Crippen LogP contribution in [0, 0.1) is 5.92 Å². The van der Waals surface area contributed by atoms with Crippen molar-refractivity contribution in [1.82, 2.24) is 14.8 Å². The summed E-state index contributed by atoms with van der Waals surface area (Å²) in [4.78, 5) is 21.7. The lowest BCUT2D eigenvalue weighted by Gasteiger charge is -2.36. The third-order valence-electron chi connectivity index (χ3n) is 4.85. The Balaban J connectivity index is 1.36. The molecule has 0 aromatic carbocycles. The van der Waals surface area contributed by atoms with Crippen LogP contribution in [0.15, 0.2) is 28.2 Å². The van der Waals surface area contributed by atoms with E-state index in [0.717, 1.165) is 62.0 Å². The van der Waals surface area contributed by atoms with E-state index in [1.165, 1.54) is 0 Å². The number of carbonyl (C=O) groups is 1. The zero-order valence-electron chi connectivity index (χ0n) is 14.2. The van der Waals surface area contributed by atoms with Crippen molar-refractivity contribution >= 4 is 17.2 Å². The molecule has 6 nitrogen and oxygen atoms in total. The molecule has 1 amide bonds. The molecule has 2 fully saturated rings. The Morgan fingerprint density at radius 1 is 1.32 bits per heavy atom. The van der Waals surface area contributed by atoms with Crippen LogP contribution in [0.1, 0.15) is 18.5 Å². The van der Waals surface area contributed by atoms with Crippen LogP contribution in [0.25, 0.3) is 10.8 Å². The SMILES string of the molecule is O=C(C1CCCN(Cc2csc(-c3ccco3)n2)C1)N1CCOCC1. The molecule has 2 aromatic heterocycles. The maximum Gasteiger partial charge on any atom is 0.227 e. The van der Waals surface area contributed by atoms with Crippen molar-refractivity contribution < 1.29 is 13.9 Å². The highest BCUT2D eigenvalue weighted by Crippen LogP contribution is 2.26. The van der Waals surface area contributed by atoms with Crippen molar-refractivity contribution in [2.45, 2.75) is 19.4 Å². The molecule has 0 radical (unpaired) electrons. The Morgan fingerprint density at radius 3 is 3.00 bits per heavy atom. The number of morpholine rings is 1. The Kier molecular flexibility index (Phi) is 5.14. The fourth-order valence-electron chi connectivity index (χ4n) is 3.56. The molecule has 25 heavy (non-hydrogen) atoms. The van der Waals surface area contributed by atoms with Crippen molar-refractivity contribution in [1.29, 1.82) is 0 Å². The number of aromatic nitrogens is 1. The maximum absolute atomic E-state index is 12.7. The second-order valence-electron chi connectivity index (χ2n) is 6.63. The molecule has 7 heteroatoms. The first-order chi connectivity index (χ1) is 12.3. The van der Waals surface area contributed by atoms with Gasteiger partial charge in [0.25, 0.3) is 0 Å². The third-order valence-corrected chi connectivity index (χ3v) is 5.75. The Hall–Kier alpha value is -1.70. The van der Waals surface area contributed by atoms with Gasteiger partial charge in [0.2, 0.25) is 5.91 Å². The molecular weight excluding hydrogens is 338 g/mol. The minimum atomic E-state index is 0.107. The number of amides is 1. The molecule has 0 bridgehead atoms. The molecule has 1 atom stereocenters. The lowest BCUT2D eigenvalue weighted by atomic mass is 9.96. The van der Waals surface area contributed by atoms with Gasteiger partial charge in [-0.05, 0) is 31.5 Å². The average molecular weight is 361 g/mol. The molecule has 1 unspecified atom stereocenters. The van der Waals surface area contributed by atoms with Crippen molar-refractivity contribution in [3.8, 4) is 10.8 Å². The van der Waals surface area contributed by atoms with Gasteiger partial charge in [0.05, 0.1) is 31.1 Å². The molecule has 0 saturated carbocycles. The summed E-state index contributed by atoms with van der Waals surface area (Å²) < 4.78 is 10.8. The number of rotatable bonds is 4. The predicted molar refractivity (Wildman–Crippen MR) is 95.2 cm³/mol. The van der Waals surface area contributed by atoms with Crippen LogP contribution in [0.2, 0.25) is 0 Å². The first-order valence-corrected chi connectivity index (χ1v) is 9.75. The number of carbonyl (C=O) groups excluding carboxylic acids is 1. The van der Waals surface area contributed by atoms with Gasteiger partial charge in [-0.2, -0.15) is 0 Å². The van der Waals surface area contributed by atoms with Crippen LogP contribution >= 0.6 is 11.3 Å². The van der Waals surface area contributed by atoms with E-state index >= 15 is 0 Å². The van der Waals surface area contributed by atoms with E-state index in [1.54, 1.807) is 17.6 Å². The van der Waals surface area contributed by atoms with Crippen molar-refractivity contribution in [2.75, 3.05) is 39.4 Å². The molecule has 4 heterocycles. The van der Waals surface area contributed by atoms with Gasteiger partial charge in [0.15, 0.2) is 10.8 Å². The smallest absolute Gasteiger partial charge is 0.227 e. The van der Waals surface area contributed by atoms with Gasteiger partial charge >= 0.3 is 0 Å². The van der Waals surface area contributed by atoms with Gasteiger partial charge in [-0.15, -0.1) is 11.3 Å². The van der Waals surface area contributed by atoms with E-state index < -0.39 is 0 Å². The number of piperidine rings is 1. The minimum absolute atomic E-state index is 0.107. The van der Waals surface area contributed by atoms with Crippen molar-refractivity contribution in [3.05, 3.63) is 29.5 Å². The quantitative estimate of drug-likeness (QED) is 0.837. The standard InChI is InChI=1S/C18H23N3O3S/c22-18(21-6-9-23-10-7-21)14-3-1-5-20(11-14)12-15-13-25-17(19-15)16-4-2-8-24-16/h2,4,8,13-14H,1,3,5-7,9-12H2. The molecule has 2 aromatic rings. The second-order valence-corrected chi connectivity index (χ2v) is 7.49. The maximum atomic E-state index is 12.7. The summed E-state index contributed by atoms with van der Waals surface area (Å²) in [5.74, 6) is 1.22. The van der Waals surface area contributed by atoms with Gasteiger partial charge < -0.3 is 14.1 Å². The molecule has 2 saturated heterocycles. The summed E-state index contributed by atoms with van der Waals surface area (Å²) in [6.45, 7) is 5.43. The number of hydrogen-bond acceptors (Lipinski definition) is 6. The third kappa shape index (κ3) is 3.94. The van der Waals surface area contributed by atoms with Crippen LogP contribution in [0.3, 0.4) is 0 Å². The minimum Gasteiger partial charge on any atom is -0.462 e. The average Bonchev–Trinajstić information content (AvgIpc) is 3.34. The Labute approximate surface area is 151 Å². The topological polar surface area (TPSA) is 58.8 Å². The highest BCUT2D eigenvalue weighted by Gasteiger charge is 2.30. The summed E-state index contributed by atoms with van der Waals surface area (Å²) in [6.07, 6.45) is 3.72. The molecule has 0 aliphatic carbocycles. The van der Waals surface area contributed by atoms with Crippen LogP contribution in [0.5, 0.6) is 0 Å². The van der Waals surface area contributed by atoms with Crippen molar-refractivity contribution in [2.24, 2.45) is 5.92 Å². The van der Waals surface area contributed by atoms with Gasteiger partial charge in [0, 0.05) is 31.6 Å². The second kappa shape index (κ2) is 7.68. The highest BCUT2D eigenvalue weighted by molar-refractivity contribution is 7.13. The van der Waals surface area contributed by atoms with Crippen LogP contribution < -0.4 is 0 Å². The fraction of sp³-hybridized carbons (Fsp3) is 0.556. The first-order valence-electron chi connectivity index (χ1n) is 8.87. The first kappa shape index (κ1) is 16.8. The number of furan rings is 1. The van der Waals surface area contributed by atoms with Gasteiger partial charge in [-0.25, -0.2) is 4.98 Å². The molecule has 4 rings (SSSR count). The summed E-state index contributed by atoms with van der Waals surface area (Å²) in [5, 5.41) is 3.00. The van der Waals surface area contributed by atoms with Gasteiger partial charge in [-0.3, -0.25) is 9.69 Å². The van der Waals surface area contributed by atoms with E-state index in [0.29, 0.717) is 19.1 Å². The van der Waals surface area contributed by atoms with Crippen molar-refractivity contribution in [3.63, 3.8) is 0 Å². The van der Waals surface area contributed by atoms with E-state index in [-0.39, 0.29) is 5.92 Å². The summed E-state index contributed by atoms with van der Waals surface area (Å²) in [5.41, 5.74) is 1.05. The predicted octanol–water partition coefficient (Wildman–Crippen LogP) is 2.47. The number of ether oxygens (including phenoxy) is 1. The summed E-state index contributed by atoms with van der Waals surface area (Å²) >= 11 is 1.61. The fourth-order valence-corrected chi connectivity index (χ4v) is 4.34. The van der Waals surface area contributed by atoms with Crippen LogP contribution in [-0.2, 0) is 16.1 Å². The zero-order valence-corrected chi connectivity index (χ0v) is 15.0. The van der Waals surface area contributed by atoms with E-state index in [1.807, 2.05) is 17.0 Å². The summed E-state index contributed by atoms with van der Waals surface area (Å²) in [7, 11) is 0. The molecular formula is C18H23N3O3S. The summed E-state index contributed by atoms with van der Waals surface area (Å²) in [6, 6.07) is 3.81. The lowest BCUT2D eigenvalue weighted by molar-refractivity contribution is -0.141. The monoisotopic (exact) mass is 361 g/mol. The van der Waals surface area contributed by atoms with E-state index in [4.69, 9.17) is 9.15 Å². The normalized spacial score (nSPS) is 22.2. The van der Waals surface area contributed by atoms with E-state index in [2.05, 4.69) is 15.3 Å².